The molecule has 3 rings (SSSR count). The molecule has 1 fully saturated rings. The monoisotopic (exact) mass is 263 g/mol. The van der Waals surface area contributed by atoms with Crippen LogP contribution in [0.1, 0.15) is 18.4 Å². The second-order valence-electron chi connectivity index (χ2n) is 4.57. The van der Waals surface area contributed by atoms with Gasteiger partial charge in [0.15, 0.2) is 0 Å². The van der Waals surface area contributed by atoms with Gasteiger partial charge in [0.25, 0.3) is 5.91 Å². The molecule has 18 heavy (non-hydrogen) atoms. The molecule has 0 atom stereocenters. The first-order valence-electron chi connectivity index (χ1n) is 5.95. The van der Waals surface area contributed by atoms with Gasteiger partial charge in [0.1, 0.15) is 0 Å². The molecule has 1 aromatic rings. The molecular weight excluding hydrogens is 250 g/mol. The molecule has 4 nitrogen and oxygen atoms in total. The molecule has 0 unspecified atom stereocenters. The minimum absolute atomic E-state index is 0.166. The molecule has 94 valence electrons. The first-order valence-corrected chi connectivity index (χ1v) is 7.50. The number of amides is 1. The Kier molecular flexibility index (Phi) is 2.52. The average molecular weight is 263 g/mol. The second kappa shape index (κ2) is 3.95. The molecule has 1 amide bonds. The number of carbonyl (C=O) groups is 1. The predicted molar refractivity (Wildman–Crippen MR) is 67.4 cm³/mol. The topological polar surface area (TPSA) is 54.5 Å². The summed E-state index contributed by atoms with van der Waals surface area (Å²) in [4.78, 5) is 14.3. The van der Waals surface area contributed by atoms with Crippen LogP contribution in [0.15, 0.2) is 34.6 Å². The third-order valence-corrected chi connectivity index (χ3v) is 4.90. The molecule has 2 heterocycles. The van der Waals surface area contributed by atoms with Crippen molar-refractivity contribution >= 4 is 21.3 Å². The average Bonchev–Trinajstić information content (AvgIpc) is 2.96. The summed E-state index contributed by atoms with van der Waals surface area (Å²) in [5.41, 5.74) is 0.849. The van der Waals surface area contributed by atoms with E-state index in [0.717, 1.165) is 31.3 Å². The summed E-state index contributed by atoms with van der Waals surface area (Å²) in [6.45, 7) is 1.44. The predicted octanol–water partition coefficient (Wildman–Crippen LogP) is 1.44. The van der Waals surface area contributed by atoms with E-state index in [1.807, 2.05) is 0 Å². The maximum atomic E-state index is 12.3. The highest BCUT2D eigenvalue weighted by atomic mass is 32.2. The smallest absolute Gasteiger partial charge is 0.255 e. The Hall–Kier alpha value is -1.62. The number of nitrogens with zero attached hydrogens (tertiary/aromatic N) is 1. The van der Waals surface area contributed by atoms with E-state index < -0.39 is 9.84 Å². The number of fused-ring (bicyclic) bond motifs is 1. The van der Waals surface area contributed by atoms with Crippen molar-refractivity contribution in [3.8, 4) is 0 Å². The van der Waals surface area contributed by atoms with Crippen LogP contribution in [0.2, 0.25) is 0 Å². The highest BCUT2D eigenvalue weighted by molar-refractivity contribution is 7.95. The molecule has 0 radical (unpaired) electrons. The zero-order chi connectivity index (χ0) is 12.8. The lowest BCUT2D eigenvalue weighted by Crippen LogP contribution is -2.28. The van der Waals surface area contributed by atoms with Gasteiger partial charge in [0.05, 0.1) is 10.5 Å². The van der Waals surface area contributed by atoms with Gasteiger partial charge >= 0.3 is 0 Å². The van der Waals surface area contributed by atoms with Crippen LogP contribution >= 0.6 is 0 Å². The summed E-state index contributed by atoms with van der Waals surface area (Å²) in [6, 6.07) is 6.67. The Bertz CT molecular complexity index is 640. The van der Waals surface area contributed by atoms with Gasteiger partial charge < -0.3 is 4.90 Å². The number of rotatable bonds is 1. The van der Waals surface area contributed by atoms with Gasteiger partial charge in [-0.05, 0) is 18.9 Å². The van der Waals surface area contributed by atoms with Crippen molar-refractivity contribution in [1.82, 2.24) is 4.90 Å². The van der Waals surface area contributed by atoms with Crippen molar-refractivity contribution in [3.63, 3.8) is 0 Å². The first kappa shape index (κ1) is 11.5. The van der Waals surface area contributed by atoms with Gasteiger partial charge in [-0.25, -0.2) is 8.42 Å². The fourth-order valence-corrected chi connectivity index (χ4v) is 3.89. The lowest BCUT2D eigenvalue weighted by Gasteiger charge is -2.15. The molecule has 1 saturated heterocycles. The van der Waals surface area contributed by atoms with E-state index >= 15 is 0 Å². The lowest BCUT2D eigenvalue weighted by molar-refractivity contribution is -0.124. The molecule has 0 saturated carbocycles. The molecule has 1 aromatic carbocycles. The van der Waals surface area contributed by atoms with Gasteiger partial charge in [-0.2, -0.15) is 0 Å². The SMILES string of the molecule is O=C(C1=CS(=O)(=O)c2ccccc21)N1CCCC1. The number of carbonyl (C=O) groups excluding carboxylic acids is 1. The quantitative estimate of drug-likeness (QED) is 0.770. The molecule has 0 aromatic heterocycles. The largest absolute Gasteiger partial charge is 0.339 e. The van der Waals surface area contributed by atoms with Crippen molar-refractivity contribution in [3.05, 3.63) is 35.2 Å². The van der Waals surface area contributed by atoms with Gasteiger partial charge in [0, 0.05) is 24.1 Å². The normalized spacial score (nSPS) is 20.7. The van der Waals surface area contributed by atoms with Gasteiger partial charge in [-0.1, -0.05) is 18.2 Å². The van der Waals surface area contributed by atoms with E-state index in [1.54, 1.807) is 29.2 Å². The van der Waals surface area contributed by atoms with Crippen molar-refractivity contribution in [2.45, 2.75) is 17.7 Å². The number of benzene rings is 1. The maximum absolute atomic E-state index is 12.3. The minimum atomic E-state index is -3.44. The van der Waals surface area contributed by atoms with Crippen molar-refractivity contribution in [2.75, 3.05) is 13.1 Å². The molecule has 0 N–H and O–H groups in total. The van der Waals surface area contributed by atoms with Crippen LogP contribution in [-0.2, 0) is 14.6 Å². The van der Waals surface area contributed by atoms with Crippen LogP contribution in [0.5, 0.6) is 0 Å². The van der Waals surface area contributed by atoms with Crippen LogP contribution in [0.25, 0.3) is 5.57 Å². The summed E-state index contributed by atoms with van der Waals surface area (Å²) < 4.78 is 23.9. The van der Waals surface area contributed by atoms with Crippen molar-refractivity contribution in [2.24, 2.45) is 0 Å². The van der Waals surface area contributed by atoms with Crippen molar-refractivity contribution < 1.29 is 13.2 Å². The Balaban J connectivity index is 2.06. The van der Waals surface area contributed by atoms with Crippen LogP contribution in [0.4, 0.5) is 0 Å². The van der Waals surface area contributed by atoms with E-state index in [2.05, 4.69) is 0 Å². The zero-order valence-corrected chi connectivity index (χ0v) is 10.6. The van der Waals surface area contributed by atoms with Gasteiger partial charge in [0.2, 0.25) is 9.84 Å². The highest BCUT2D eigenvalue weighted by Crippen LogP contribution is 2.34. The number of likely N-dealkylation sites (tertiary alicyclic amines) is 1. The van der Waals surface area contributed by atoms with E-state index in [4.69, 9.17) is 0 Å². The minimum Gasteiger partial charge on any atom is -0.339 e. The third-order valence-electron chi connectivity index (χ3n) is 3.38. The first-order chi connectivity index (χ1) is 8.59. The van der Waals surface area contributed by atoms with Crippen LogP contribution in [0, 0.1) is 0 Å². The van der Waals surface area contributed by atoms with Gasteiger partial charge in [-0.15, -0.1) is 0 Å². The fourth-order valence-electron chi connectivity index (χ4n) is 2.48. The fraction of sp³-hybridized carbons (Fsp3) is 0.308. The van der Waals surface area contributed by atoms with Crippen LogP contribution in [-0.4, -0.2) is 32.3 Å². The molecule has 0 aliphatic carbocycles. The Morgan fingerprint density at radius 2 is 1.78 bits per heavy atom. The summed E-state index contributed by atoms with van der Waals surface area (Å²) in [7, 11) is -3.44. The second-order valence-corrected chi connectivity index (χ2v) is 6.34. The summed E-state index contributed by atoms with van der Waals surface area (Å²) >= 11 is 0. The van der Waals surface area contributed by atoms with Crippen LogP contribution in [0.3, 0.4) is 0 Å². The van der Waals surface area contributed by atoms with Gasteiger partial charge in [-0.3, -0.25) is 4.79 Å². The molecule has 0 spiro atoms. The Labute approximate surface area is 106 Å². The van der Waals surface area contributed by atoms with Crippen molar-refractivity contribution in [1.29, 1.82) is 0 Å². The summed E-state index contributed by atoms with van der Waals surface area (Å²) in [5, 5.41) is 1.11. The molecular formula is C13H13NO3S. The Morgan fingerprint density at radius 1 is 1.11 bits per heavy atom. The van der Waals surface area contributed by atoms with E-state index in [9.17, 15) is 13.2 Å². The number of hydrogen-bond acceptors (Lipinski definition) is 3. The summed E-state index contributed by atoms with van der Waals surface area (Å²) in [5.74, 6) is -0.166. The molecule has 2 aliphatic rings. The molecule has 2 aliphatic heterocycles. The number of hydrogen-bond donors (Lipinski definition) is 0. The number of sulfone groups is 1. The van der Waals surface area contributed by atoms with Crippen LogP contribution < -0.4 is 0 Å². The molecule has 0 bridgehead atoms. The van der Waals surface area contributed by atoms with E-state index in [-0.39, 0.29) is 10.8 Å². The third kappa shape index (κ3) is 1.66. The van der Waals surface area contributed by atoms with E-state index in [1.165, 1.54) is 0 Å². The standard InChI is InChI=1S/C13H13NO3S/c15-13(14-7-3-4-8-14)11-9-18(16,17)12-6-2-1-5-10(11)12/h1-2,5-6,9H,3-4,7-8H2. The lowest BCUT2D eigenvalue weighted by atomic mass is 10.1. The Morgan fingerprint density at radius 3 is 2.50 bits per heavy atom. The summed E-state index contributed by atoms with van der Waals surface area (Å²) in [6.07, 6.45) is 1.99. The molecule has 5 heteroatoms. The highest BCUT2D eigenvalue weighted by Gasteiger charge is 2.33. The van der Waals surface area contributed by atoms with E-state index in [0.29, 0.717) is 11.1 Å². The maximum Gasteiger partial charge on any atom is 0.255 e. The zero-order valence-electron chi connectivity index (χ0n) is 9.80.